The molecule has 1 aliphatic rings. The number of hydrogen-bond donors (Lipinski definition) is 1. The van der Waals surface area contributed by atoms with Gasteiger partial charge >= 0.3 is 5.97 Å². The molecule has 2 amide bonds. The van der Waals surface area contributed by atoms with E-state index in [1.165, 1.54) is 13.8 Å². The summed E-state index contributed by atoms with van der Waals surface area (Å²) in [7, 11) is 0. The summed E-state index contributed by atoms with van der Waals surface area (Å²) in [4.78, 5) is 38.1. The Morgan fingerprint density at radius 1 is 1.29 bits per heavy atom. The molecule has 1 aliphatic carbocycles. The van der Waals surface area contributed by atoms with Gasteiger partial charge in [0.1, 0.15) is 0 Å². The number of hydrogen-bond acceptors (Lipinski definition) is 5. The third kappa shape index (κ3) is 7.11. The average molecular weight is 395 g/mol. The van der Waals surface area contributed by atoms with Crippen molar-refractivity contribution in [3.8, 4) is 0 Å². The molecule has 3 atom stereocenters. The summed E-state index contributed by atoms with van der Waals surface area (Å²) >= 11 is 0. The van der Waals surface area contributed by atoms with E-state index in [0.29, 0.717) is 18.7 Å². The van der Waals surface area contributed by atoms with Crippen molar-refractivity contribution in [2.24, 2.45) is 0 Å². The molecule has 7 heteroatoms. The molecule has 0 saturated carbocycles. The van der Waals surface area contributed by atoms with Gasteiger partial charge < -0.3 is 19.7 Å². The third-order valence-electron chi connectivity index (χ3n) is 4.66. The molecule has 0 aromatic heterocycles. The highest BCUT2D eigenvalue weighted by molar-refractivity contribution is 5.89. The van der Waals surface area contributed by atoms with E-state index < -0.39 is 24.2 Å². The minimum absolute atomic E-state index is 0.157. The van der Waals surface area contributed by atoms with Crippen molar-refractivity contribution < 1.29 is 23.9 Å². The number of nitrogens with zero attached hydrogens (tertiary/aromatic N) is 1. The van der Waals surface area contributed by atoms with Crippen LogP contribution in [-0.2, 0) is 23.9 Å². The minimum Gasteiger partial charge on any atom is -0.463 e. The number of nitrogens with one attached hydrogen (secondary N) is 1. The first-order chi connectivity index (χ1) is 13.3. The smallest absolute Gasteiger partial charge is 0.333 e. The van der Waals surface area contributed by atoms with E-state index in [4.69, 9.17) is 9.47 Å². The van der Waals surface area contributed by atoms with Crippen molar-refractivity contribution in [1.82, 2.24) is 10.2 Å². The largest absolute Gasteiger partial charge is 0.463 e. The second-order valence-electron chi connectivity index (χ2n) is 6.91. The van der Waals surface area contributed by atoms with E-state index in [9.17, 15) is 14.4 Å². The van der Waals surface area contributed by atoms with E-state index >= 15 is 0 Å². The first kappa shape index (κ1) is 23.9. The molecular weight excluding hydrogens is 360 g/mol. The normalized spacial score (nSPS) is 21.4. The van der Waals surface area contributed by atoms with Crippen LogP contribution in [0.5, 0.6) is 0 Å². The highest BCUT2D eigenvalue weighted by Gasteiger charge is 2.40. The van der Waals surface area contributed by atoms with E-state index in [0.717, 1.165) is 19.3 Å². The van der Waals surface area contributed by atoms with E-state index in [1.807, 2.05) is 0 Å². The lowest BCUT2D eigenvalue weighted by molar-refractivity contribution is -0.140. The topological polar surface area (TPSA) is 84.9 Å². The number of unbranched alkanes of at least 4 members (excludes halogenated alkanes) is 2. The summed E-state index contributed by atoms with van der Waals surface area (Å²) in [6.45, 7) is 11.6. The lowest BCUT2D eigenvalue weighted by Crippen LogP contribution is -2.60. The van der Waals surface area contributed by atoms with Crippen molar-refractivity contribution in [3.63, 3.8) is 0 Å². The zero-order valence-electron chi connectivity index (χ0n) is 17.5. The van der Waals surface area contributed by atoms with Crippen LogP contribution in [0.1, 0.15) is 53.4 Å². The number of carbonyl (C=O) groups excluding carboxylic acids is 3. The van der Waals surface area contributed by atoms with Crippen LogP contribution in [-0.4, -0.2) is 60.6 Å². The number of esters is 1. The zero-order valence-corrected chi connectivity index (χ0v) is 17.5. The van der Waals surface area contributed by atoms with Crippen LogP contribution < -0.4 is 5.32 Å². The highest BCUT2D eigenvalue weighted by atomic mass is 16.5. The van der Waals surface area contributed by atoms with Gasteiger partial charge in [0, 0.05) is 39.0 Å². The molecular formula is C21H34N2O5. The molecule has 158 valence electrons. The second kappa shape index (κ2) is 12.3. The third-order valence-corrected chi connectivity index (χ3v) is 4.66. The van der Waals surface area contributed by atoms with Crippen LogP contribution in [0.3, 0.4) is 0 Å². The Kier molecular flexibility index (Phi) is 10.5. The van der Waals surface area contributed by atoms with E-state index in [1.54, 1.807) is 24.0 Å². The van der Waals surface area contributed by atoms with Crippen molar-refractivity contribution in [2.75, 3.05) is 19.8 Å². The van der Waals surface area contributed by atoms with Gasteiger partial charge in [0.25, 0.3) is 0 Å². The summed E-state index contributed by atoms with van der Waals surface area (Å²) in [6.07, 6.45) is 6.10. The molecule has 1 rings (SSSR count). The molecule has 0 radical (unpaired) electrons. The fourth-order valence-electron chi connectivity index (χ4n) is 3.39. The summed E-state index contributed by atoms with van der Waals surface area (Å²) < 4.78 is 11.2. The van der Waals surface area contributed by atoms with Gasteiger partial charge in [-0.25, -0.2) is 4.79 Å². The van der Waals surface area contributed by atoms with Gasteiger partial charge in [-0.05, 0) is 19.4 Å². The highest BCUT2D eigenvalue weighted by Crippen LogP contribution is 2.27. The molecule has 0 unspecified atom stereocenters. The van der Waals surface area contributed by atoms with Crippen LogP contribution in [0.2, 0.25) is 0 Å². The quantitative estimate of drug-likeness (QED) is 0.330. The van der Waals surface area contributed by atoms with Gasteiger partial charge in [0.15, 0.2) is 0 Å². The predicted molar refractivity (Wildman–Crippen MR) is 108 cm³/mol. The number of rotatable bonds is 11. The van der Waals surface area contributed by atoms with Gasteiger partial charge in [-0.3, -0.25) is 9.59 Å². The maximum Gasteiger partial charge on any atom is 0.333 e. The van der Waals surface area contributed by atoms with Gasteiger partial charge in [-0.15, -0.1) is 6.58 Å². The lowest BCUT2D eigenvalue weighted by atomic mass is 9.86. The Hall–Kier alpha value is -2.15. The second-order valence-corrected chi connectivity index (χ2v) is 6.91. The monoisotopic (exact) mass is 394 g/mol. The van der Waals surface area contributed by atoms with Gasteiger partial charge in [-0.2, -0.15) is 0 Å². The number of amides is 2. The van der Waals surface area contributed by atoms with Crippen molar-refractivity contribution in [1.29, 1.82) is 0 Å². The SMILES string of the molecule is C=CCN(C(C)=O)[C@H]1CC(C(=O)OCC)=C[C@@H](OCCCCC)[C@@H]1NC(C)=O. The Labute approximate surface area is 168 Å². The van der Waals surface area contributed by atoms with Crippen LogP contribution in [0.4, 0.5) is 0 Å². The maximum atomic E-state index is 12.4. The van der Waals surface area contributed by atoms with Crippen LogP contribution >= 0.6 is 0 Å². The van der Waals surface area contributed by atoms with Crippen molar-refractivity contribution >= 4 is 17.8 Å². The van der Waals surface area contributed by atoms with Crippen LogP contribution in [0, 0.1) is 0 Å². The molecule has 0 saturated heterocycles. The molecule has 28 heavy (non-hydrogen) atoms. The van der Waals surface area contributed by atoms with Crippen LogP contribution in [0.25, 0.3) is 0 Å². The van der Waals surface area contributed by atoms with E-state index in [2.05, 4.69) is 18.8 Å². The summed E-state index contributed by atoms with van der Waals surface area (Å²) in [5.74, 6) is -0.791. The summed E-state index contributed by atoms with van der Waals surface area (Å²) in [5, 5.41) is 2.92. The first-order valence-corrected chi connectivity index (χ1v) is 10.00. The minimum atomic E-state index is -0.523. The molecule has 0 aliphatic heterocycles. The average Bonchev–Trinajstić information content (AvgIpc) is 2.64. The Morgan fingerprint density at radius 2 is 2.00 bits per heavy atom. The first-order valence-electron chi connectivity index (χ1n) is 10.00. The maximum absolute atomic E-state index is 12.4. The lowest BCUT2D eigenvalue weighted by Gasteiger charge is -2.42. The summed E-state index contributed by atoms with van der Waals surface area (Å²) in [6, 6.07) is -0.888. The van der Waals surface area contributed by atoms with Gasteiger partial charge in [0.05, 0.1) is 24.8 Å². The Bertz CT molecular complexity index is 587. The fraction of sp³-hybridized carbons (Fsp3) is 0.667. The summed E-state index contributed by atoms with van der Waals surface area (Å²) in [5.41, 5.74) is 0.462. The molecule has 7 nitrogen and oxygen atoms in total. The molecule has 0 bridgehead atoms. The molecule has 0 heterocycles. The zero-order chi connectivity index (χ0) is 21.1. The van der Waals surface area contributed by atoms with Gasteiger partial charge in [0.2, 0.25) is 11.8 Å². The van der Waals surface area contributed by atoms with Crippen molar-refractivity contribution in [2.45, 2.75) is 71.6 Å². The molecule has 0 fully saturated rings. The molecule has 0 spiro atoms. The molecule has 1 N–H and O–H groups in total. The van der Waals surface area contributed by atoms with Crippen LogP contribution in [0.15, 0.2) is 24.3 Å². The predicted octanol–water partition coefficient (Wildman–Crippen LogP) is 2.36. The fourth-order valence-corrected chi connectivity index (χ4v) is 3.39. The number of ether oxygens (including phenoxy) is 2. The number of carbonyl (C=O) groups is 3. The Balaban J connectivity index is 3.23. The Morgan fingerprint density at radius 3 is 2.54 bits per heavy atom. The van der Waals surface area contributed by atoms with Gasteiger partial charge in [-0.1, -0.05) is 25.8 Å². The molecule has 0 aromatic carbocycles. The van der Waals surface area contributed by atoms with E-state index in [-0.39, 0.29) is 24.8 Å². The standard InChI is InChI=1S/C21H34N2O5/c1-6-9-10-12-28-19-14-17(21(26)27-8-3)13-18(20(19)22-15(4)24)23(11-7-2)16(5)25/h7,14,18-20H,2,6,8-13H2,1,3-5H3,(H,22,24)/t18-,19+,20+/m0/s1. The molecule has 0 aromatic rings. The van der Waals surface area contributed by atoms with Crippen molar-refractivity contribution in [3.05, 3.63) is 24.3 Å².